The summed E-state index contributed by atoms with van der Waals surface area (Å²) in [7, 11) is 0. The molecule has 1 atom stereocenters. The van der Waals surface area contributed by atoms with Crippen molar-refractivity contribution < 1.29 is 9.59 Å². The average Bonchev–Trinajstić information content (AvgIpc) is 3.41. The minimum Gasteiger partial charge on any atom is -0.368 e. The lowest BCUT2D eigenvalue weighted by atomic mass is 9.85. The second-order valence-electron chi connectivity index (χ2n) is 10.6. The van der Waals surface area contributed by atoms with Gasteiger partial charge in [-0.05, 0) is 61.7 Å². The number of nitrogens with one attached hydrogen (secondary N) is 2. The van der Waals surface area contributed by atoms with Gasteiger partial charge in [-0.1, -0.05) is 43.5 Å². The summed E-state index contributed by atoms with van der Waals surface area (Å²) in [6.07, 6.45) is 10.9. The zero-order valence-corrected chi connectivity index (χ0v) is 23.3. The van der Waals surface area contributed by atoms with Gasteiger partial charge in [0, 0.05) is 46.7 Å². The van der Waals surface area contributed by atoms with E-state index < -0.39 is 6.04 Å². The Morgan fingerprint density at radius 3 is 2.40 bits per heavy atom. The lowest BCUT2D eigenvalue weighted by Gasteiger charge is -2.22. The molecule has 0 aliphatic heterocycles. The van der Waals surface area contributed by atoms with Crippen LogP contribution in [-0.2, 0) is 4.79 Å². The van der Waals surface area contributed by atoms with E-state index in [0.29, 0.717) is 17.2 Å². The Labute approximate surface area is 243 Å². The summed E-state index contributed by atoms with van der Waals surface area (Å²) in [5, 5.41) is 11.6. The van der Waals surface area contributed by atoms with Crippen LogP contribution >= 0.6 is 0 Å². The summed E-state index contributed by atoms with van der Waals surface area (Å²) in [6.45, 7) is 1.66. The van der Waals surface area contributed by atoms with Crippen LogP contribution in [0.1, 0.15) is 61.0 Å². The van der Waals surface area contributed by atoms with E-state index in [1.54, 1.807) is 49.8 Å². The van der Waals surface area contributed by atoms with Crippen molar-refractivity contribution in [3.05, 3.63) is 90.5 Å². The maximum Gasteiger partial charge on any atom is 0.251 e. The molecule has 3 heterocycles. The van der Waals surface area contributed by atoms with E-state index in [1.165, 1.54) is 19.3 Å². The van der Waals surface area contributed by atoms with Crippen LogP contribution < -0.4 is 16.4 Å². The molecule has 212 valence electrons. The van der Waals surface area contributed by atoms with Gasteiger partial charge in [-0.25, -0.2) is 19.6 Å². The number of pyridine rings is 1. The van der Waals surface area contributed by atoms with Crippen molar-refractivity contribution in [2.24, 2.45) is 0 Å². The topological polar surface area (TPSA) is 141 Å². The van der Waals surface area contributed by atoms with Gasteiger partial charge in [-0.3, -0.25) is 9.59 Å². The van der Waals surface area contributed by atoms with Crippen molar-refractivity contribution in [2.45, 2.75) is 51.0 Å². The van der Waals surface area contributed by atoms with Crippen molar-refractivity contribution in [1.82, 2.24) is 30.0 Å². The molecule has 2 amide bonds. The molecule has 10 nitrogen and oxygen atoms in total. The van der Waals surface area contributed by atoms with Gasteiger partial charge in [-0.2, -0.15) is 5.10 Å². The first-order valence-corrected chi connectivity index (χ1v) is 14.2. The summed E-state index contributed by atoms with van der Waals surface area (Å²) < 4.78 is 1.93. The van der Waals surface area contributed by atoms with Crippen LogP contribution in [0, 0.1) is 0 Å². The maximum absolute atomic E-state index is 13.2. The Kier molecular flexibility index (Phi) is 7.59. The second-order valence-corrected chi connectivity index (χ2v) is 10.6. The molecule has 1 fully saturated rings. The van der Waals surface area contributed by atoms with Crippen LogP contribution in [0.15, 0.2) is 79.3 Å². The van der Waals surface area contributed by atoms with Crippen molar-refractivity contribution in [2.75, 3.05) is 11.1 Å². The van der Waals surface area contributed by atoms with Gasteiger partial charge < -0.3 is 16.4 Å². The number of benzene rings is 2. The Balaban J connectivity index is 1.16. The smallest absolute Gasteiger partial charge is 0.251 e. The second kappa shape index (κ2) is 11.8. The number of aromatic nitrogens is 5. The predicted molar refractivity (Wildman–Crippen MR) is 162 cm³/mol. The van der Waals surface area contributed by atoms with Crippen molar-refractivity contribution >= 4 is 34.4 Å². The SMILES string of the molecule is CC(NC(=O)c1ccc2c(C3CCCCC3)n(-c3ccccn3)nc2c1)C(=O)Nc1ccc(-c2cnc(N)nc2)cc1. The quantitative estimate of drug-likeness (QED) is 0.246. The summed E-state index contributed by atoms with van der Waals surface area (Å²) in [5.41, 5.74) is 10.2. The van der Waals surface area contributed by atoms with E-state index in [2.05, 4.69) is 25.6 Å². The minimum atomic E-state index is -0.762. The van der Waals surface area contributed by atoms with Gasteiger partial charge in [-0.15, -0.1) is 0 Å². The maximum atomic E-state index is 13.2. The highest BCUT2D eigenvalue weighted by Gasteiger charge is 2.25. The zero-order chi connectivity index (χ0) is 29.1. The minimum absolute atomic E-state index is 0.210. The molecule has 0 bridgehead atoms. The molecule has 3 aromatic heterocycles. The van der Waals surface area contributed by atoms with Crippen molar-refractivity contribution in [3.63, 3.8) is 0 Å². The Morgan fingerprint density at radius 1 is 0.929 bits per heavy atom. The van der Waals surface area contributed by atoms with Gasteiger partial charge in [0.05, 0.1) is 11.2 Å². The molecule has 0 saturated heterocycles. The molecule has 42 heavy (non-hydrogen) atoms. The lowest BCUT2D eigenvalue weighted by molar-refractivity contribution is -0.117. The van der Waals surface area contributed by atoms with Gasteiger partial charge >= 0.3 is 0 Å². The number of carbonyl (C=O) groups is 2. The summed E-state index contributed by atoms with van der Waals surface area (Å²) >= 11 is 0. The number of anilines is 2. The molecule has 4 N–H and O–H groups in total. The Bertz CT molecular complexity index is 1710. The highest BCUT2D eigenvalue weighted by atomic mass is 16.2. The lowest BCUT2D eigenvalue weighted by Crippen LogP contribution is -2.41. The van der Waals surface area contributed by atoms with Crippen molar-refractivity contribution in [3.8, 4) is 16.9 Å². The third kappa shape index (κ3) is 5.69. The summed E-state index contributed by atoms with van der Waals surface area (Å²) in [6, 6.07) is 17.9. The summed E-state index contributed by atoms with van der Waals surface area (Å²) in [5.74, 6) is 0.697. The van der Waals surface area contributed by atoms with Gasteiger partial charge in [0.1, 0.15) is 6.04 Å². The first-order chi connectivity index (χ1) is 20.5. The van der Waals surface area contributed by atoms with Gasteiger partial charge in [0.2, 0.25) is 11.9 Å². The number of fused-ring (bicyclic) bond motifs is 1. The van der Waals surface area contributed by atoms with E-state index in [-0.39, 0.29) is 17.8 Å². The number of carbonyl (C=O) groups excluding carboxylic acids is 2. The Morgan fingerprint density at radius 2 is 1.69 bits per heavy atom. The number of rotatable bonds is 7. The zero-order valence-electron chi connectivity index (χ0n) is 23.3. The standard InChI is InChI=1S/C32H32N8O2/c1-20(30(41)38-25-13-10-21(11-14-25)24-18-35-32(33)36-19-24)37-31(42)23-12-15-26-27(17-23)39-40(28-9-5-6-16-34-28)29(26)22-7-3-2-4-8-22/h5-6,9-20,22H,2-4,7-8H2,1H3,(H,37,42)(H,38,41)(H2,33,35,36). The molecular weight excluding hydrogens is 528 g/mol. The predicted octanol–water partition coefficient (Wildman–Crippen LogP) is 5.26. The van der Waals surface area contributed by atoms with E-state index in [4.69, 9.17) is 10.8 Å². The molecule has 6 rings (SSSR count). The van der Waals surface area contributed by atoms with Gasteiger partial charge in [0.15, 0.2) is 5.82 Å². The normalized spacial score (nSPS) is 14.4. The van der Waals surface area contributed by atoms with E-state index >= 15 is 0 Å². The van der Waals surface area contributed by atoms with Crippen LogP contribution in [0.4, 0.5) is 11.6 Å². The molecule has 1 aliphatic carbocycles. The fourth-order valence-electron chi connectivity index (χ4n) is 5.50. The van der Waals surface area contributed by atoms with Crippen LogP contribution in [0.3, 0.4) is 0 Å². The number of nitrogens with two attached hydrogens (primary N) is 1. The van der Waals surface area contributed by atoms with E-state index in [1.807, 2.05) is 41.1 Å². The molecule has 1 unspecified atom stereocenters. The van der Waals surface area contributed by atoms with Crippen LogP contribution in [0.5, 0.6) is 0 Å². The first kappa shape index (κ1) is 27.1. The van der Waals surface area contributed by atoms with E-state index in [9.17, 15) is 9.59 Å². The molecule has 1 saturated carbocycles. The number of nitrogen functional groups attached to an aromatic ring is 1. The van der Waals surface area contributed by atoms with E-state index in [0.717, 1.165) is 46.4 Å². The first-order valence-electron chi connectivity index (χ1n) is 14.2. The van der Waals surface area contributed by atoms with Crippen molar-refractivity contribution in [1.29, 1.82) is 0 Å². The number of amides is 2. The largest absolute Gasteiger partial charge is 0.368 e. The third-order valence-electron chi connectivity index (χ3n) is 7.73. The molecule has 0 radical (unpaired) electrons. The fraction of sp³-hybridized carbons (Fsp3) is 0.250. The van der Waals surface area contributed by atoms with Gasteiger partial charge in [0.25, 0.3) is 5.91 Å². The molecule has 1 aliphatic rings. The average molecular weight is 561 g/mol. The number of nitrogens with zero attached hydrogens (tertiary/aromatic N) is 5. The summed E-state index contributed by atoms with van der Waals surface area (Å²) in [4.78, 5) is 38.6. The number of hydrogen-bond acceptors (Lipinski definition) is 7. The Hall–Kier alpha value is -5.12. The third-order valence-corrected chi connectivity index (χ3v) is 7.73. The monoisotopic (exact) mass is 560 g/mol. The molecule has 2 aromatic carbocycles. The van der Waals surface area contributed by atoms with Crippen LogP contribution in [0.25, 0.3) is 27.8 Å². The van der Waals surface area contributed by atoms with Crippen LogP contribution in [0.2, 0.25) is 0 Å². The fourth-order valence-corrected chi connectivity index (χ4v) is 5.50. The van der Waals surface area contributed by atoms with Crippen LogP contribution in [-0.4, -0.2) is 42.6 Å². The highest BCUT2D eigenvalue weighted by molar-refractivity contribution is 6.02. The highest BCUT2D eigenvalue weighted by Crippen LogP contribution is 2.37. The number of hydrogen-bond donors (Lipinski definition) is 3. The molecule has 10 heteroatoms. The molecule has 0 spiro atoms. The molecule has 5 aromatic rings. The molecular formula is C32H32N8O2.